The van der Waals surface area contributed by atoms with Gasteiger partial charge in [0.25, 0.3) is 0 Å². The molecule has 0 radical (unpaired) electrons. The Morgan fingerprint density at radius 1 is 1.47 bits per heavy atom. The van der Waals surface area contributed by atoms with Gasteiger partial charge < -0.3 is 10.2 Å². The van der Waals surface area contributed by atoms with Crippen molar-refractivity contribution in [1.82, 2.24) is 9.97 Å². The van der Waals surface area contributed by atoms with E-state index in [1.165, 1.54) is 11.9 Å². The average molecular weight is 273 g/mol. The van der Waals surface area contributed by atoms with E-state index in [1.807, 2.05) is 6.07 Å². The molecule has 19 heavy (non-hydrogen) atoms. The molecule has 0 saturated carbocycles. The molecule has 1 heterocycles. The lowest BCUT2D eigenvalue weighted by Gasteiger charge is -2.24. The van der Waals surface area contributed by atoms with Crippen LogP contribution in [0.3, 0.4) is 0 Å². The Balaban J connectivity index is 3.17. The second kappa shape index (κ2) is 5.73. The highest BCUT2D eigenvalue weighted by Crippen LogP contribution is 2.30. The van der Waals surface area contributed by atoms with Crippen molar-refractivity contribution in [2.45, 2.75) is 25.6 Å². The minimum absolute atomic E-state index is 0.110. The van der Waals surface area contributed by atoms with Crippen molar-refractivity contribution in [1.29, 1.82) is 5.26 Å². The summed E-state index contributed by atoms with van der Waals surface area (Å²) in [5.74, 6) is 0.00950. The molecule has 0 spiro atoms. The van der Waals surface area contributed by atoms with Gasteiger partial charge in [0.05, 0.1) is 12.5 Å². The minimum Gasteiger partial charge on any atom is -0.357 e. The summed E-state index contributed by atoms with van der Waals surface area (Å²) in [6.45, 7) is 1.73. The first kappa shape index (κ1) is 15.0. The van der Waals surface area contributed by atoms with Gasteiger partial charge in [-0.05, 0) is 6.92 Å². The van der Waals surface area contributed by atoms with Gasteiger partial charge in [0.1, 0.15) is 5.82 Å². The Bertz CT molecular complexity index is 480. The number of nitrogens with one attached hydrogen (secondary N) is 1. The molecule has 1 aromatic rings. The number of hydrogen-bond donors (Lipinski definition) is 1. The zero-order chi connectivity index (χ0) is 14.6. The Labute approximate surface area is 109 Å². The van der Waals surface area contributed by atoms with Gasteiger partial charge in [-0.15, -0.1) is 0 Å². The van der Waals surface area contributed by atoms with Crippen molar-refractivity contribution < 1.29 is 13.2 Å². The average Bonchev–Trinajstić information content (AvgIpc) is 2.36. The van der Waals surface area contributed by atoms with Crippen LogP contribution in [0.5, 0.6) is 0 Å². The number of nitriles is 1. The molecule has 0 fully saturated rings. The van der Waals surface area contributed by atoms with E-state index in [9.17, 15) is 13.2 Å². The van der Waals surface area contributed by atoms with E-state index >= 15 is 0 Å². The van der Waals surface area contributed by atoms with E-state index in [-0.39, 0.29) is 24.2 Å². The quantitative estimate of drug-likeness (QED) is 0.911. The fourth-order valence-corrected chi connectivity index (χ4v) is 1.37. The largest absolute Gasteiger partial charge is 0.433 e. The van der Waals surface area contributed by atoms with Crippen LogP contribution in [-0.4, -0.2) is 30.1 Å². The SMILES string of the molecule is CNc1nc(N(C)C(C)CC#N)cc(C(F)(F)F)n1. The number of hydrogen-bond acceptors (Lipinski definition) is 5. The van der Waals surface area contributed by atoms with Crippen molar-refractivity contribution in [3.63, 3.8) is 0 Å². The summed E-state index contributed by atoms with van der Waals surface area (Å²) in [4.78, 5) is 8.85. The molecule has 1 unspecified atom stereocenters. The van der Waals surface area contributed by atoms with Crippen LogP contribution in [0.4, 0.5) is 24.9 Å². The van der Waals surface area contributed by atoms with Gasteiger partial charge in [-0.25, -0.2) is 4.98 Å². The third kappa shape index (κ3) is 3.71. The van der Waals surface area contributed by atoms with Crippen LogP contribution >= 0.6 is 0 Å². The summed E-state index contributed by atoms with van der Waals surface area (Å²) in [6, 6.07) is 2.59. The topological polar surface area (TPSA) is 64.8 Å². The van der Waals surface area contributed by atoms with Gasteiger partial charge in [0.2, 0.25) is 5.95 Å². The maximum Gasteiger partial charge on any atom is 0.433 e. The van der Waals surface area contributed by atoms with Crippen LogP contribution in [-0.2, 0) is 6.18 Å². The van der Waals surface area contributed by atoms with Crippen LogP contribution in [0.25, 0.3) is 0 Å². The van der Waals surface area contributed by atoms with Gasteiger partial charge in [0, 0.05) is 26.2 Å². The van der Waals surface area contributed by atoms with Crippen molar-refractivity contribution in [2.24, 2.45) is 0 Å². The minimum atomic E-state index is -4.54. The monoisotopic (exact) mass is 273 g/mol. The molecule has 0 aliphatic carbocycles. The van der Waals surface area contributed by atoms with E-state index < -0.39 is 11.9 Å². The number of nitrogens with zero attached hydrogens (tertiary/aromatic N) is 4. The van der Waals surface area contributed by atoms with Crippen LogP contribution < -0.4 is 10.2 Å². The van der Waals surface area contributed by atoms with Crippen LogP contribution in [0.2, 0.25) is 0 Å². The Morgan fingerprint density at radius 2 is 2.11 bits per heavy atom. The Morgan fingerprint density at radius 3 is 2.58 bits per heavy atom. The van der Waals surface area contributed by atoms with E-state index in [0.717, 1.165) is 6.07 Å². The highest BCUT2D eigenvalue weighted by molar-refractivity contribution is 5.45. The molecule has 5 nitrogen and oxygen atoms in total. The fraction of sp³-hybridized carbons (Fsp3) is 0.545. The second-order valence-electron chi connectivity index (χ2n) is 4.00. The molecule has 1 N–H and O–H groups in total. The lowest BCUT2D eigenvalue weighted by Crippen LogP contribution is -2.30. The van der Waals surface area contributed by atoms with E-state index in [4.69, 9.17) is 5.26 Å². The van der Waals surface area contributed by atoms with Crippen molar-refractivity contribution >= 4 is 11.8 Å². The number of anilines is 2. The first-order valence-corrected chi connectivity index (χ1v) is 5.53. The molecule has 0 bridgehead atoms. The van der Waals surface area contributed by atoms with Gasteiger partial charge in [0.15, 0.2) is 5.69 Å². The highest BCUT2D eigenvalue weighted by Gasteiger charge is 2.34. The summed E-state index contributed by atoms with van der Waals surface area (Å²) >= 11 is 0. The molecule has 0 amide bonds. The summed E-state index contributed by atoms with van der Waals surface area (Å²) in [6.07, 6.45) is -4.35. The lowest BCUT2D eigenvalue weighted by atomic mass is 10.2. The third-order valence-electron chi connectivity index (χ3n) is 2.64. The number of alkyl halides is 3. The fourth-order valence-electron chi connectivity index (χ4n) is 1.37. The predicted molar refractivity (Wildman–Crippen MR) is 64.7 cm³/mol. The number of aromatic nitrogens is 2. The predicted octanol–water partition coefficient (Wildman–Crippen LogP) is 2.28. The van der Waals surface area contributed by atoms with Crippen molar-refractivity contribution in [3.05, 3.63) is 11.8 Å². The Kier molecular flexibility index (Phi) is 4.53. The molecule has 0 aliphatic heterocycles. The maximum atomic E-state index is 12.7. The molecule has 8 heteroatoms. The van der Waals surface area contributed by atoms with Crippen LogP contribution in [0.1, 0.15) is 19.0 Å². The molecular weight excluding hydrogens is 259 g/mol. The first-order valence-electron chi connectivity index (χ1n) is 5.53. The van der Waals surface area contributed by atoms with Gasteiger partial charge in [-0.2, -0.15) is 23.4 Å². The van der Waals surface area contributed by atoms with Crippen LogP contribution in [0, 0.1) is 11.3 Å². The molecule has 1 atom stereocenters. The molecule has 1 aromatic heterocycles. The summed E-state index contributed by atoms with van der Waals surface area (Å²) in [5.41, 5.74) is -1.02. The summed E-state index contributed by atoms with van der Waals surface area (Å²) in [5, 5.41) is 11.1. The second-order valence-corrected chi connectivity index (χ2v) is 4.00. The zero-order valence-corrected chi connectivity index (χ0v) is 10.8. The lowest BCUT2D eigenvalue weighted by molar-refractivity contribution is -0.141. The molecule has 0 aromatic carbocycles. The van der Waals surface area contributed by atoms with Gasteiger partial charge in [-0.1, -0.05) is 0 Å². The Hall–Kier alpha value is -2.04. The standard InChI is InChI=1S/C11H14F3N5/c1-7(4-5-15)19(3)9-6-8(11(12,13)14)17-10(16-2)18-9/h6-7H,4H2,1-3H3,(H,16,17,18). The molecule has 1 rings (SSSR count). The highest BCUT2D eigenvalue weighted by atomic mass is 19.4. The van der Waals surface area contributed by atoms with E-state index in [0.29, 0.717) is 0 Å². The maximum absolute atomic E-state index is 12.7. The summed E-state index contributed by atoms with van der Waals surface area (Å²) in [7, 11) is 3.03. The molecular formula is C11H14F3N5. The zero-order valence-electron chi connectivity index (χ0n) is 10.8. The normalized spacial score (nSPS) is 12.7. The van der Waals surface area contributed by atoms with E-state index in [2.05, 4.69) is 15.3 Å². The van der Waals surface area contributed by atoms with Crippen molar-refractivity contribution in [2.75, 3.05) is 24.3 Å². The molecule has 104 valence electrons. The van der Waals surface area contributed by atoms with E-state index in [1.54, 1.807) is 14.0 Å². The number of halogens is 3. The third-order valence-corrected chi connectivity index (χ3v) is 2.64. The van der Waals surface area contributed by atoms with Crippen molar-refractivity contribution in [3.8, 4) is 6.07 Å². The van der Waals surface area contributed by atoms with Gasteiger partial charge in [-0.3, -0.25) is 0 Å². The molecule has 0 aliphatic rings. The first-order chi connectivity index (χ1) is 8.79. The molecule has 0 saturated heterocycles. The summed E-state index contributed by atoms with van der Waals surface area (Å²) < 4.78 is 38.1. The number of rotatable bonds is 4. The van der Waals surface area contributed by atoms with Crippen LogP contribution in [0.15, 0.2) is 6.07 Å². The smallest absolute Gasteiger partial charge is 0.357 e. The van der Waals surface area contributed by atoms with Gasteiger partial charge >= 0.3 is 6.18 Å².